The van der Waals surface area contributed by atoms with Crippen LogP contribution in [-0.2, 0) is 4.79 Å². The van der Waals surface area contributed by atoms with Gasteiger partial charge in [-0.15, -0.1) is 11.3 Å². The van der Waals surface area contributed by atoms with Gasteiger partial charge in [0.05, 0.1) is 21.4 Å². The summed E-state index contributed by atoms with van der Waals surface area (Å²) in [6, 6.07) is 5.78. The fourth-order valence-corrected chi connectivity index (χ4v) is 2.32. The van der Waals surface area contributed by atoms with Crippen molar-refractivity contribution in [3.8, 4) is 0 Å². The van der Waals surface area contributed by atoms with E-state index >= 15 is 0 Å². The Hall–Kier alpha value is -1.79. The number of benzene rings is 1. The van der Waals surface area contributed by atoms with Gasteiger partial charge in [-0.1, -0.05) is 6.07 Å². The van der Waals surface area contributed by atoms with Crippen molar-refractivity contribution in [1.82, 2.24) is 10.3 Å². The van der Waals surface area contributed by atoms with Crippen LogP contribution in [0.3, 0.4) is 0 Å². The van der Waals surface area contributed by atoms with Crippen molar-refractivity contribution < 1.29 is 4.79 Å². The molecule has 3 N–H and O–H groups in total. The van der Waals surface area contributed by atoms with E-state index in [2.05, 4.69) is 10.3 Å². The molecule has 1 aromatic carbocycles. The number of rotatable bonds is 3. The molecule has 4 nitrogen and oxygen atoms in total. The Morgan fingerprint density at radius 1 is 1.56 bits per heavy atom. The summed E-state index contributed by atoms with van der Waals surface area (Å²) in [5, 5.41) is 2.76. The summed E-state index contributed by atoms with van der Waals surface area (Å²) in [6.45, 7) is 1.46. The number of hydrogen-bond donors (Lipinski definition) is 2. The highest BCUT2D eigenvalue weighted by Gasteiger charge is 2.05. The molecule has 0 aliphatic carbocycles. The van der Waals surface area contributed by atoms with E-state index in [1.165, 1.54) is 6.92 Å². The zero-order valence-corrected chi connectivity index (χ0v) is 11.3. The van der Waals surface area contributed by atoms with Crippen LogP contribution >= 0.6 is 23.6 Å². The molecule has 2 rings (SSSR count). The smallest absolute Gasteiger partial charge is 0.176 e. The van der Waals surface area contributed by atoms with Crippen LogP contribution in [0.15, 0.2) is 29.4 Å². The first-order valence-electron chi connectivity index (χ1n) is 5.18. The zero-order chi connectivity index (χ0) is 13.1. The Morgan fingerprint density at radius 2 is 2.33 bits per heavy atom. The zero-order valence-electron chi connectivity index (χ0n) is 9.64. The molecule has 0 aliphatic heterocycles. The van der Waals surface area contributed by atoms with Crippen molar-refractivity contribution >= 4 is 50.7 Å². The number of fused-ring (bicyclic) bond motifs is 1. The lowest BCUT2D eigenvalue weighted by atomic mass is 10.1. The fourth-order valence-electron chi connectivity index (χ4n) is 1.49. The molecule has 18 heavy (non-hydrogen) atoms. The molecule has 0 radical (unpaired) electrons. The van der Waals surface area contributed by atoms with Gasteiger partial charge in [0.1, 0.15) is 0 Å². The first-order valence-corrected chi connectivity index (χ1v) is 6.47. The Morgan fingerprint density at radius 3 is 3.00 bits per heavy atom. The molecular formula is C12H11N3OS2. The summed E-state index contributed by atoms with van der Waals surface area (Å²) in [7, 11) is 0. The number of Topliss-reactive ketones (excluding diaryl/α,β-unsaturated/α-hetero) is 1. The summed E-state index contributed by atoms with van der Waals surface area (Å²) < 4.78 is 1.07. The molecule has 0 unspecified atom stereocenters. The molecule has 2 aromatic rings. The highest BCUT2D eigenvalue weighted by molar-refractivity contribution is 7.80. The Kier molecular flexibility index (Phi) is 3.69. The lowest BCUT2D eigenvalue weighted by Crippen LogP contribution is -2.30. The number of thiazole rings is 1. The van der Waals surface area contributed by atoms with Crippen molar-refractivity contribution in [2.45, 2.75) is 6.92 Å². The van der Waals surface area contributed by atoms with E-state index in [1.54, 1.807) is 22.9 Å². The summed E-state index contributed by atoms with van der Waals surface area (Å²) >= 11 is 6.29. The summed E-state index contributed by atoms with van der Waals surface area (Å²) in [5.41, 5.74) is 9.40. The summed E-state index contributed by atoms with van der Waals surface area (Å²) in [5.74, 6) is -0.118. The molecule has 0 saturated carbocycles. The minimum absolute atomic E-state index is 0.0790. The van der Waals surface area contributed by atoms with Crippen molar-refractivity contribution in [3.05, 3.63) is 35.0 Å². The molecule has 0 atom stereocenters. The number of nitrogens with zero attached hydrogens (tertiary/aromatic N) is 1. The Bertz CT molecular complexity index is 646. The number of ketones is 1. The molecule has 92 valence electrons. The maximum Gasteiger partial charge on any atom is 0.176 e. The van der Waals surface area contributed by atoms with Gasteiger partial charge in [-0.3, -0.25) is 4.79 Å². The van der Waals surface area contributed by atoms with Gasteiger partial charge in [0.25, 0.3) is 0 Å². The van der Waals surface area contributed by atoms with E-state index in [9.17, 15) is 4.79 Å². The van der Waals surface area contributed by atoms with Crippen LogP contribution in [0.2, 0.25) is 0 Å². The van der Waals surface area contributed by atoms with Crippen molar-refractivity contribution in [2.24, 2.45) is 5.73 Å². The van der Waals surface area contributed by atoms with Crippen LogP contribution in [-0.4, -0.2) is 15.9 Å². The highest BCUT2D eigenvalue weighted by Crippen LogP contribution is 2.20. The van der Waals surface area contributed by atoms with Crippen LogP contribution in [0.1, 0.15) is 12.5 Å². The average molecular weight is 277 g/mol. The van der Waals surface area contributed by atoms with Gasteiger partial charge in [0, 0.05) is 6.92 Å². The molecule has 1 heterocycles. The van der Waals surface area contributed by atoms with E-state index in [0.29, 0.717) is 5.70 Å². The Balaban J connectivity index is 2.38. The van der Waals surface area contributed by atoms with Crippen molar-refractivity contribution in [1.29, 1.82) is 0 Å². The second kappa shape index (κ2) is 5.24. The van der Waals surface area contributed by atoms with Crippen LogP contribution in [0.4, 0.5) is 0 Å². The number of allylic oxidation sites excluding steroid dienone is 1. The number of nitrogens with one attached hydrogen (secondary N) is 1. The van der Waals surface area contributed by atoms with Crippen LogP contribution < -0.4 is 11.1 Å². The molecule has 0 fully saturated rings. The Labute approximate surface area is 114 Å². The van der Waals surface area contributed by atoms with E-state index in [1.807, 2.05) is 18.2 Å². The third-order valence-electron chi connectivity index (χ3n) is 2.30. The average Bonchev–Trinajstić information content (AvgIpc) is 2.74. The van der Waals surface area contributed by atoms with Gasteiger partial charge < -0.3 is 11.1 Å². The number of aromatic nitrogens is 1. The van der Waals surface area contributed by atoms with Crippen LogP contribution in [0, 0.1) is 0 Å². The monoisotopic (exact) mass is 277 g/mol. The summed E-state index contributed by atoms with van der Waals surface area (Å²) in [6.07, 6.45) is 1.72. The predicted octanol–water partition coefficient (Wildman–Crippen LogP) is 2.06. The molecule has 0 bridgehead atoms. The van der Waals surface area contributed by atoms with Gasteiger partial charge in [-0.05, 0) is 36.0 Å². The lowest BCUT2D eigenvalue weighted by molar-refractivity contribution is -0.113. The SMILES string of the molecule is CC(=O)/C(=C/c1ccc2ncsc2c1)NC(N)=S. The highest BCUT2D eigenvalue weighted by atomic mass is 32.1. The standard InChI is InChI=1S/C12H11N3OS2/c1-7(16)10(15-12(13)17)4-8-2-3-9-11(5-8)18-6-14-9/h2-6H,1H3,(H3,13,15,17)/b10-4-. The minimum atomic E-state index is -0.118. The third kappa shape index (κ3) is 2.91. The van der Waals surface area contributed by atoms with Gasteiger partial charge >= 0.3 is 0 Å². The molecule has 0 saturated heterocycles. The number of nitrogens with two attached hydrogens (primary N) is 1. The molecule has 0 amide bonds. The maximum atomic E-state index is 11.4. The quantitative estimate of drug-likeness (QED) is 0.664. The second-order valence-corrected chi connectivity index (χ2v) is 5.01. The molecule has 1 aromatic heterocycles. The maximum absolute atomic E-state index is 11.4. The second-order valence-electron chi connectivity index (χ2n) is 3.68. The number of carbonyl (C=O) groups excluding carboxylic acids is 1. The third-order valence-corrected chi connectivity index (χ3v) is 3.20. The van der Waals surface area contributed by atoms with Crippen LogP contribution in [0.5, 0.6) is 0 Å². The number of thiocarbonyl (C=S) groups is 1. The van der Waals surface area contributed by atoms with Gasteiger partial charge in [0.15, 0.2) is 10.9 Å². The summed E-state index contributed by atoms with van der Waals surface area (Å²) in [4.78, 5) is 15.6. The fraction of sp³-hybridized carbons (Fsp3) is 0.0833. The lowest BCUT2D eigenvalue weighted by Gasteiger charge is -2.05. The molecule has 0 aliphatic rings. The molecule has 0 spiro atoms. The molecular weight excluding hydrogens is 266 g/mol. The first kappa shape index (κ1) is 12.7. The van der Waals surface area contributed by atoms with E-state index in [4.69, 9.17) is 18.0 Å². The van der Waals surface area contributed by atoms with E-state index in [-0.39, 0.29) is 10.9 Å². The number of carbonyl (C=O) groups is 1. The van der Waals surface area contributed by atoms with E-state index in [0.717, 1.165) is 15.8 Å². The van der Waals surface area contributed by atoms with Crippen LogP contribution in [0.25, 0.3) is 16.3 Å². The first-order chi connectivity index (χ1) is 8.56. The predicted molar refractivity (Wildman–Crippen MR) is 78.2 cm³/mol. The van der Waals surface area contributed by atoms with Crippen molar-refractivity contribution in [3.63, 3.8) is 0 Å². The normalized spacial score (nSPS) is 11.5. The van der Waals surface area contributed by atoms with Gasteiger partial charge in [-0.2, -0.15) is 0 Å². The van der Waals surface area contributed by atoms with E-state index < -0.39 is 0 Å². The van der Waals surface area contributed by atoms with Gasteiger partial charge in [-0.25, -0.2) is 4.98 Å². The topological polar surface area (TPSA) is 68.0 Å². The van der Waals surface area contributed by atoms with Gasteiger partial charge in [0.2, 0.25) is 0 Å². The molecule has 6 heteroatoms. The van der Waals surface area contributed by atoms with Crippen molar-refractivity contribution in [2.75, 3.05) is 0 Å². The minimum Gasteiger partial charge on any atom is -0.376 e. The largest absolute Gasteiger partial charge is 0.376 e. The number of hydrogen-bond acceptors (Lipinski definition) is 4.